The highest BCUT2D eigenvalue weighted by molar-refractivity contribution is 6.36. The molecule has 100 valence electrons. The predicted molar refractivity (Wildman–Crippen MR) is 75.5 cm³/mol. The summed E-state index contributed by atoms with van der Waals surface area (Å²) in [5.41, 5.74) is 1.38. The van der Waals surface area contributed by atoms with Crippen LogP contribution in [0.1, 0.15) is 25.8 Å². The van der Waals surface area contributed by atoms with Crippen LogP contribution >= 0.6 is 23.2 Å². The lowest BCUT2D eigenvalue weighted by molar-refractivity contribution is -0.127. The van der Waals surface area contributed by atoms with E-state index in [9.17, 15) is 4.79 Å². The second-order valence-corrected chi connectivity index (χ2v) is 4.72. The smallest absolute Gasteiger partial charge is 0.253 e. The predicted octanol–water partition coefficient (Wildman–Crippen LogP) is 4.06. The molecule has 0 bridgehead atoms. The zero-order valence-electron chi connectivity index (χ0n) is 10.7. The van der Waals surface area contributed by atoms with Gasteiger partial charge in [-0.15, -0.1) is 0 Å². The van der Waals surface area contributed by atoms with Crippen molar-refractivity contribution in [2.75, 3.05) is 11.9 Å². The van der Waals surface area contributed by atoms with Crippen LogP contribution in [0.4, 0.5) is 5.69 Å². The van der Waals surface area contributed by atoms with E-state index in [2.05, 4.69) is 5.32 Å². The first-order valence-corrected chi connectivity index (χ1v) is 6.63. The van der Waals surface area contributed by atoms with E-state index in [1.54, 1.807) is 12.1 Å². The number of anilines is 1. The summed E-state index contributed by atoms with van der Waals surface area (Å²) in [7, 11) is 0. The van der Waals surface area contributed by atoms with E-state index in [0.29, 0.717) is 28.8 Å². The van der Waals surface area contributed by atoms with Crippen LogP contribution in [0.25, 0.3) is 0 Å². The zero-order chi connectivity index (χ0) is 13.7. The number of carbonyl (C=O) groups excluding carboxylic acids is 1. The van der Waals surface area contributed by atoms with Gasteiger partial charge in [0.05, 0.1) is 0 Å². The third-order valence-corrected chi connectivity index (χ3v) is 3.36. The van der Waals surface area contributed by atoms with E-state index in [-0.39, 0.29) is 5.91 Å². The van der Waals surface area contributed by atoms with Crippen molar-refractivity contribution < 1.29 is 9.53 Å². The largest absolute Gasteiger partial charge is 0.369 e. The van der Waals surface area contributed by atoms with Gasteiger partial charge in [-0.05, 0) is 38.0 Å². The van der Waals surface area contributed by atoms with Crippen LogP contribution in [0.2, 0.25) is 10.0 Å². The third kappa shape index (κ3) is 3.87. The summed E-state index contributed by atoms with van der Waals surface area (Å²) in [5.74, 6) is -0.185. The Balaban J connectivity index is 2.81. The van der Waals surface area contributed by atoms with Crippen LogP contribution in [0.3, 0.4) is 0 Å². The lowest BCUT2D eigenvalue weighted by Gasteiger charge is -2.15. The summed E-state index contributed by atoms with van der Waals surface area (Å²) >= 11 is 12.0. The quantitative estimate of drug-likeness (QED) is 0.888. The molecule has 0 spiro atoms. The van der Waals surface area contributed by atoms with Crippen molar-refractivity contribution in [1.82, 2.24) is 0 Å². The van der Waals surface area contributed by atoms with Gasteiger partial charge in [-0.3, -0.25) is 4.79 Å². The number of benzene rings is 1. The highest BCUT2D eigenvalue weighted by Crippen LogP contribution is 2.28. The molecular formula is C13H17Cl2NO2. The van der Waals surface area contributed by atoms with Gasteiger partial charge in [0.2, 0.25) is 0 Å². The van der Waals surface area contributed by atoms with Crippen LogP contribution in [-0.2, 0) is 9.53 Å². The second kappa shape index (κ2) is 6.98. The first-order valence-electron chi connectivity index (χ1n) is 5.87. The number of rotatable bonds is 5. The molecule has 1 N–H and O–H groups in total. The second-order valence-electron chi connectivity index (χ2n) is 3.91. The maximum absolute atomic E-state index is 11.9. The lowest BCUT2D eigenvalue weighted by Crippen LogP contribution is -2.29. The number of halogens is 2. The number of ether oxygens (including phenoxy) is 1. The lowest BCUT2D eigenvalue weighted by atomic mass is 10.2. The molecule has 0 saturated heterocycles. The first-order chi connectivity index (χ1) is 8.49. The molecule has 0 radical (unpaired) electrons. The standard InChI is InChI=1S/C13H17Cl2NO2/c1-4-12(18-5-2)13(17)16-9-6-10(14)8(3)11(15)7-9/h6-7,12H,4-5H2,1-3H3,(H,16,17). The minimum Gasteiger partial charge on any atom is -0.369 e. The Morgan fingerprint density at radius 3 is 2.33 bits per heavy atom. The van der Waals surface area contributed by atoms with Crippen LogP contribution in [0.15, 0.2) is 12.1 Å². The van der Waals surface area contributed by atoms with Gasteiger partial charge in [-0.2, -0.15) is 0 Å². The summed E-state index contributed by atoms with van der Waals surface area (Å²) in [6.07, 6.45) is 0.168. The summed E-state index contributed by atoms with van der Waals surface area (Å²) in [6, 6.07) is 3.36. The molecule has 1 aromatic rings. The Morgan fingerprint density at radius 1 is 1.33 bits per heavy atom. The number of carbonyl (C=O) groups is 1. The molecule has 0 fully saturated rings. The minimum atomic E-state index is -0.450. The zero-order valence-corrected chi connectivity index (χ0v) is 12.2. The molecule has 0 aliphatic carbocycles. The van der Waals surface area contributed by atoms with E-state index >= 15 is 0 Å². The van der Waals surface area contributed by atoms with Crippen molar-refractivity contribution in [1.29, 1.82) is 0 Å². The molecule has 3 nitrogen and oxygen atoms in total. The van der Waals surface area contributed by atoms with Gasteiger partial charge in [0, 0.05) is 22.3 Å². The van der Waals surface area contributed by atoms with Gasteiger partial charge >= 0.3 is 0 Å². The monoisotopic (exact) mass is 289 g/mol. The van der Waals surface area contributed by atoms with E-state index in [4.69, 9.17) is 27.9 Å². The molecule has 5 heteroatoms. The average Bonchev–Trinajstić information content (AvgIpc) is 2.32. The molecule has 0 saturated carbocycles. The SMILES string of the molecule is CCOC(CC)C(=O)Nc1cc(Cl)c(C)c(Cl)c1. The summed E-state index contributed by atoms with van der Waals surface area (Å²) in [6.45, 7) is 6.08. The normalized spacial score (nSPS) is 12.3. The Labute approximate surface area is 117 Å². The molecule has 1 atom stereocenters. The molecule has 1 amide bonds. The Hall–Kier alpha value is -0.770. The highest BCUT2D eigenvalue weighted by atomic mass is 35.5. The fourth-order valence-electron chi connectivity index (χ4n) is 1.52. The topological polar surface area (TPSA) is 38.3 Å². The number of hydrogen-bond donors (Lipinski definition) is 1. The van der Waals surface area contributed by atoms with Gasteiger partial charge in [-0.1, -0.05) is 30.1 Å². The maximum atomic E-state index is 11.9. The third-order valence-electron chi connectivity index (χ3n) is 2.58. The molecule has 0 aromatic heterocycles. The molecule has 18 heavy (non-hydrogen) atoms. The number of hydrogen-bond acceptors (Lipinski definition) is 2. The Bertz CT molecular complexity index is 412. The van der Waals surface area contributed by atoms with Crippen molar-refractivity contribution in [3.05, 3.63) is 27.7 Å². The van der Waals surface area contributed by atoms with Crippen molar-refractivity contribution in [2.45, 2.75) is 33.3 Å². The van der Waals surface area contributed by atoms with Gasteiger partial charge in [0.25, 0.3) is 5.91 Å². The van der Waals surface area contributed by atoms with Crippen LogP contribution in [0.5, 0.6) is 0 Å². The molecule has 1 unspecified atom stereocenters. The Morgan fingerprint density at radius 2 is 1.89 bits per heavy atom. The van der Waals surface area contributed by atoms with Gasteiger partial charge < -0.3 is 10.1 Å². The maximum Gasteiger partial charge on any atom is 0.253 e. The minimum absolute atomic E-state index is 0.185. The van der Waals surface area contributed by atoms with E-state index in [0.717, 1.165) is 5.56 Å². The molecule has 0 heterocycles. The fraction of sp³-hybridized carbons (Fsp3) is 0.462. The number of nitrogens with one attached hydrogen (secondary N) is 1. The van der Waals surface area contributed by atoms with Crippen molar-refractivity contribution in [3.8, 4) is 0 Å². The van der Waals surface area contributed by atoms with Crippen molar-refractivity contribution in [2.24, 2.45) is 0 Å². The molecule has 0 aliphatic rings. The highest BCUT2D eigenvalue weighted by Gasteiger charge is 2.17. The Kier molecular flexibility index (Phi) is 5.93. The van der Waals surface area contributed by atoms with Gasteiger partial charge in [-0.25, -0.2) is 0 Å². The van der Waals surface area contributed by atoms with E-state index in [1.807, 2.05) is 20.8 Å². The van der Waals surface area contributed by atoms with Crippen LogP contribution in [-0.4, -0.2) is 18.6 Å². The fourth-order valence-corrected chi connectivity index (χ4v) is 2.01. The van der Waals surface area contributed by atoms with Gasteiger partial charge in [0.15, 0.2) is 0 Å². The van der Waals surface area contributed by atoms with Crippen LogP contribution < -0.4 is 5.32 Å². The van der Waals surface area contributed by atoms with Crippen molar-refractivity contribution >= 4 is 34.8 Å². The first kappa shape index (κ1) is 15.3. The van der Waals surface area contributed by atoms with Gasteiger partial charge in [0.1, 0.15) is 6.10 Å². The van der Waals surface area contributed by atoms with Crippen molar-refractivity contribution in [3.63, 3.8) is 0 Å². The molecule has 0 aliphatic heterocycles. The number of amides is 1. The molecule has 1 aromatic carbocycles. The average molecular weight is 290 g/mol. The van der Waals surface area contributed by atoms with Crippen LogP contribution in [0, 0.1) is 6.92 Å². The summed E-state index contributed by atoms with van der Waals surface area (Å²) < 4.78 is 5.33. The summed E-state index contributed by atoms with van der Waals surface area (Å²) in [4.78, 5) is 11.9. The van der Waals surface area contributed by atoms with E-state index in [1.165, 1.54) is 0 Å². The molecular weight excluding hydrogens is 273 g/mol. The molecule has 1 rings (SSSR count). The van der Waals surface area contributed by atoms with E-state index < -0.39 is 6.10 Å². The summed E-state index contributed by atoms with van der Waals surface area (Å²) in [5, 5.41) is 3.81.